The van der Waals surface area contributed by atoms with E-state index in [2.05, 4.69) is 217 Å². The van der Waals surface area contributed by atoms with Crippen LogP contribution < -0.4 is 13.7 Å². The standard InChI is InChI=1S/C24H36O3S.C21H21O3S.2C18H15S.C13H14F6O7S2.C9H12F4O3S/c25-28(26,27)24-22(19-12-6-2-7-13-19)16-21(18-10-4-1-5-11-18)17-23(24)20-14-8-3-9-15-20;1-24-18-7-4-10-21(13-18)25(19-8-2-5-16(11-19)14-22)20-9-3-6-17(12-20)15-23;2*1-4-10-16(11-5-1)19(17-12-6-2-7-13-17)18-14-8-3-9-15-18;1-10(2,3)25-8-4-6-9(7-5-8)26-28(23,24)13(18,19)11(14,15)12(16,17)27(20,21)22;10-8(11,9(12,13)17(14,15)16)7-4-5-1-2-6(7)3-5/h16-20H,1-15H2,(H,25,26,27);2-13,22-23H,14-15H2,1H3;2*1-15H;4-7H,1-3H3,(H,20,21,22);5-7H,1-4H2,(H,14,15,16)/q;3*+1;;/p-3. The van der Waals surface area contributed by atoms with Crippen molar-refractivity contribution in [3.63, 3.8) is 0 Å². The molecule has 0 saturated heterocycles. The lowest BCUT2D eigenvalue weighted by Gasteiger charge is -2.36. The predicted molar refractivity (Wildman–Crippen MR) is 504 cm³/mol. The molecular formula is C103H110F10O16S7. The Hall–Kier alpha value is -9.23. The number of rotatable bonds is 26. The second-order valence-electron chi connectivity index (χ2n) is 34.7. The molecule has 3 unspecified atom stereocenters. The molecule has 136 heavy (non-hydrogen) atoms. The quantitative estimate of drug-likeness (QED) is 0.0221. The third-order valence-electron chi connectivity index (χ3n) is 24.1. The van der Waals surface area contributed by atoms with Crippen LogP contribution >= 0.6 is 0 Å². The van der Waals surface area contributed by atoms with Crippen LogP contribution in [0.1, 0.15) is 188 Å². The Balaban J connectivity index is 0.000000158. The number of methoxy groups -OCH3 is 1. The first-order valence-corrected chi connectivity index (χ1v) is 54.0. The second-order valence-corrected chi connectivity index (χ2v) is 46.6. The van der Waals surface area contributed by atoms with Crippen molar-refractivity contribution in [3.8, 4) is 17.2 Å². The third-order valence-corrected chi connectivity index (χ3v) is 34.8. The summed E-state index contributed by atoms with van der Waals surface area (Å²) in [6, 6.07) is 96.0. The van der Waals surface area contributed by atoms with Crippen molar-refractivity contribution >= 4 is 73.2 Å². The average Bonchev–Trinajstić information content (AvgIpc) is 1.00. The van der Waals surface area contributed by atoms with Crippen molar-refractivity contribution in [3.05, 3.63) is 319 Å². The maximum atomic E-state index is 13.6. The van der Waals surface area contributed by atoms with E-state index in [9.17, 15) is 101 Å². The van der Waals surface area contributed by atoms with Crippen LogP contribution in [0.5, 0.6) is 17.2 Å². The number of ether oxygens (including phenoxy) is 2. The molecule has 0 amide bonds. The molecule has 11 aromatic carbocycles. The van der Waals surface area contributed by atoms with E-state index in [1.165, 1.54) is 79.9 Å². The first-order valence-electron chi connectivity index (χ1n) is 44.6. The minimum atomic E-state index is -7.35. The van der Waals surface area contributed by atoms with Gasteiger partial charge in [0.2, 0.25) is 0 Å². The molecule has 0 heterocycles. The molecule has 0 radical (unpaired) electrons. The van der Waals surface area contributed by atoms with Crippen molar-refractivity contribution in [1.29, 1.82) is 0 Å². The fourth-order valence-corrected chi connectivity index (χ4v) is 26.9. The van der Waals surface area contributed by atoms with E-state index in [0.717, 1.165) is 106 Å². The number of fused-ring (bicyclic) bond motifs is 2. The Bertz CT molecular complexity index is 5670. The van der Waals surface area contributed by atoms with Crippen LogP contribution in [0, 0.1) is 17.8 Å². The van der Waals surface area contributed by atoms with Crippen molar-refractivity contribution in [2.45, 2.75) is 256 Å². The first kappa shape index (κ1) is 107. The first-order chi connectivity index (χ1) is 64.4. The minimum Gasteiger partial charge on any atom is -0.744 e. The van der Waals surface area contributed by atoms with Gasteiger partial charge in [-0.3, -0.25) is 0 Å². The maximum Gasteiger partial charge on any atom is 0.450 e. The van der Waals surface area contributed by atoms with Gasteiger partial charge in [0.05, 0.1) is 57.9 Å². The molecule has 2 N–H and O–H groups in total. The summed E-state index contributed by atoms with van der Waals surface area (Å²) >= 11 is 0. The van der Waals surface area contributed by atoms with E-state index in [0.29, 0.717) is 37.3 Å². The molecule has 16 nitrogen and oxygen atoms in total. The molecule has 16 rings (SSSR count). The van der Waals surface area contributed by atoms with Gasteiger partial charge >= 0.3 is 37.7 Å². The lowest BCUT2D eigenvalue weighted by Crippen LogP contribution is -2.61. The smallest absolute Gasteiger partial charge is 0.450 e. The van der Waals surface area contributed by atoms with Gasteiger partial charge in [-0.2, -0.15) is 52.3 Å². The fraction of sp³-hybridized carbons (Fsp3) is 0.359. The second kappa shape index (κ2) is 47.2. The molecule has 5 saturated carbocycles. The maximum absolute atomic E-state index is 13.6. The zero-order chi connectivity index (χ0) is 98.5. The highest BCUT2D eigenvalue weighted by molar-refractivity contribution is 7.97. The molecular weight excluding hydrogens is 1910 g/mol. The lowest BCUT2D eigenvalue weighted by molar-refractivity contribution is -0.247. The van der Waals surface area contributed by atoms with Crippen LogP contribution in [0.2, 0.25) is 0 Å². The van der Waals surface area contributed by atoms with Crippen LogP contribution in [0.3, 0.4) is 0 Å². The summed E-state index contributed by atoms with van der Waals surface area (Å²) < 4.78 is 269. The summed E-state index contributed by atoms with van der Waals surface area (Å²) in [6.07, 6.45) is 18.8. The highest BCUT2D eigenvalue weighted by Crippen LogP contribution is 2.59. The van der Waals surface area contributed by atoms with Crippen LogP contribution in [0.4, 0.5) is 43.9 Å². The Morgan fingerprint density at radius 3 is 1.00 bits per heavy atom. The van der Waals surface area contributed by atoms with Crippen LogP contribution in [-0.4, -0.2) is 97.9 Å². The summed E-state index contributed by atoms with van der Waals surface area (Å²) in [5.41, 5.74) is 4.16. The summed E-state index contributed by atoms with van der Waals surface area (Å²) in [5, 5.41) is -0.236. The van der Waals surface area contributed by atoms with Gasteiger partial charge in [0.25, 0.3) is 0 Å². The lowest BCUT2D eigenvalue weighted by atomic mass is 9.76. The molecule has 0 aromatic heterocycles. The van der Waals surface area contributed by atoms with Crippen molar-refractivity contribution in [2.24, 2.45) is 17.8 Å². The van der Waals surface area contributed by atoms with E-state index < -0.39 is 91.3 Å². The Morgan fingerprint density at radius 2 is 0.684 bits per heavy atom. The van der Waals surface area contributed by atoms with Gasteiger partial charge in [-0.05, 0) is 269 Å². The zero-order valence-corrected chi connectivity index (χ0v) is 81.0. The molecule has 33 heteroatoms. The highest BCUT2D eigenvalue weighted by Gasteiger charge is 2.81. The largest absolute Gasteiger partial charge is 0.744 e. The summed E-state index contributed by atoms with van der Waals surface area (Å²) in [5.74, 6) is -13.3. The molecule has 0 aliphatic heterocycles. The molecule has 2 bridgehead atoms. The van der Waals surface area contributed by atoms with Gasteiger partial charge in [0.15, 0.2) is 64.3 Å². The number of hydrogen-bond acceptors (Lipinski definition) is 16. The molecule has 5 aliphatic carbocycles. The van der Waals surface area contributed by atoms with E-state index >= 15 is 0 Å². The Kier molecular flexibility index (Phi) is 37.2. The van der Waals surface area contributed by atoms with Gasteiger partial charge < -0.3 is 37.5 Å². The van der Waals surface area contributed by atoms with Crippen molar-refractivity contribution < 1.29 is 115 Å². The van der Waals surface area contributed by atoms with E-state index in [1.54, 1.807) is 27.9 Å². The number of aliphatic hydroxyl groups is 2. The number of aliphatic hydroxyl groups excluding tert-OH is 2. The predicted octanol–water partition coefficient (Wildman–Crippen LogP) is 25.2. The van der Waals surface area contributed by atoms with Crippen LogP contribution in [0.25, 0.3) is 0 Å². The van der Waals surface area contributed by atoms with Crippen LogP contribution in [0.15, 0.2) is 340 Å². The average molecular weight is 2020 g/mol. The molecule has 11 aromatic rings. The number of benzene rings is 11. The van der Waals surface area contributed by atoms with E-state index in [4.69, 9.17) is 9.47 Å². The van der Waals surface area contributed by atoms with Crippen LogP contribution in [-0.2, 0) is 86.4 Å². The molecule has 3 atom stereocenters. The third kappa shape index (κ3) is 27.1. The normalized spacial score (nSPS) is 17.1. The molecule has 0 spiro atoms. The number of hydrogen-bond donors (Lipinski definition) is 2. The summed E-state index contributed by atoms with van der Waals surface area (Å²) in [4.78, 5) is 11.7. The fourth-order valence-electron chi connectivity index (χ4n) is 17.6. The van der Waals surface area contributed by atoms with E-state index in [-0.39, 0.29) is 80.7 Å². The number of alkyl halides is 10. The highest BCUT2D eigenvalue weighted by atomic mass is 32.2. The molecule has 730 valence electrons. The molecule has 5 fully saturated rings. The molecule has 5 aliphatic rings. The summed E-state index contributed by atoms with van der Waals surface area (Å²) in [6.45, 7) is 4.93. The van der Waals surface area contributed by atoms with Gasteiger partial charge in [-0.15, -0.1) is 0 Å². The Morgan fingerprint density at radius 1 is 0.353 bits per heavy atom. The van der Waals surface area contributed by atoms with Crippen molar-refractivity contribution in [2.75, 3.05) is 7.11 Å². The van der Waals surface area contributed by atoms with Gasteiger partial charge in [-0.1, -0.05) is 216 Å². The SMILES string of the molecule is CC(C)(C)Oc1ccc(OS(=O)(=O)C(F)(F)C(F)(F)C(F)(F)S(=O)(=O)[O-])cc1.COc1cccc([S+](c2cccc(CO)c2)c2cccc(CO)c2)c1.O=S(=O)([O-])C(F)(F)C(F)(F)C1CC2CCC1C2.O=S(=O)([O-])c1c(C2CCCCC2)cc(C2CCCCC2)cc1C1CCCCC1.c1ccc([S+](c2ccccc2)c2ccccc2)cc1.c1ccc([S+](c2ccccc2)c2ccccc2)cc1. The van der Waals surface area contributed by atoms with E-state index in [1.807, 2.05) is 54.6 Å². The summed E-state index contributed by atoms with van der Waals surface area (Å²) in [7, 11) is -23.7. The zero-order valence-electron chi connectivity index (χ0n) is 75.3. The van der Waals surface area contributed by atoms with Gasteiger partial charge in [0.1, 0.15) is 33.0 Å². The topological polar surface area (TPSA) is 274 Å². The Labute approximate surface area is 799 Å². The number of halogens is 10. The van der Waals surface area contributed by atoms with Gasteiger partial charge in [-0.25, -0.2) is 25.3 Å². The van der Waals surface area contributed by atoms with Crippen molar-refractivity contribution in [1.82, 2.24) is 0 Å². The monoisotopic (exact) mass is 2020 g/mol. The van der Waals surface area contributed by atoms with Gasteiger partial charge in [0, 0.05) is 12.0 Å². The minimum absolute atomic E-state index is 0.0137.